The Morgan fingerprint density at radius 2 is 1.92 bits per heavy atom. The largest absolute Gasteiger partial charge is 0.481 e. The number of para-hydroxylation sites is 1. The zero-order chi connectivity index (χ0) is 27.4. The van der Waals surface area contributed by atoms with Crippen molar-refractivity contribution in [1.29, 1.82) is 0 Å². The number of nitrogens with one attached hydrogen (secondary N) is 3. The number of aliphatic hydroxyl groups is 1. The molecule has 7 atom stereocenters. The molecule has 1 saturated heterocycles. The fourth-order valence-electron chi connectivity index (χ4n) is 6.85. The van der Waals surface area contributed by atoms with E-state index >= 15 is 0 Å². The van der Waals surface area contributed by atoms with Gasteiger partial charge in [-0.25, -0.2) is 4.79 Å². The third-order valence-electron chi connectivity index (χ3n) is 9.10. The molecule has 4 N–H and O–H groups in total. The molecule has 4 fully saturated rings. The van der Waals surface area contributed by atoms with Crippen molar-refractivity contribution in [3.05, 3.63) is 30.3 Å². The Morgan fingerprint density at radius 3 is 2.58 bits per heavy atom. The molecule has 206 valence electrons. The number of ether oxygens (including phenoxy) is 1. The number of aromatic amines is 1. The van der Waals surface area contributed by atoms with Crippen LogP contribution in [-0.2, 0) is 14.1 Å². The first kappa shape index (κ1) is 27.0. The zero-order valence-corrected chi connectivity index (χ0v) is 23.1. The van der Waals surface area contributed by atoms with Crippen LogP contribution in [0.2, 0.25) is 0 Å². The summed E-state index contributed by atoms with van der Waals surface area (Å²) in [6.07, 6.45) is 0.728. The molecule has 4 aliphatic rings. The smallest absolute Gasteiger partial charge is 0.404 e. The highest BCUT2D eigenvalue weighted by Gasteiger charge is 2.68. The van der Waals surface area contributed by atoms with E-state index in [-0.39, 0.29) is 23.3 Å². The Bertz CT molecular complexity index is 1170. The highest BCUT2D eigenvalue weighted by Crippen LogP contribution is 2.65. The van der Waals surface area contributed by atoms with Gasteiger partial charge in [0.25, 0.3) is 0 Å². The Labute approximate surface area is 224 Å². The van der Waals surface area contributed by atoms with Crippen LogP contribution in [0.4, 0.5) is 4.79 Å². The molecule has 9 nitrogen and oxygen atoms in total. The number of carbonyl (C=O) groups excluding carboxylic acids is 2. The average molecular weight is 525 g/mol. The first-order valence-corrected chi connectivity index (χ1v) is 13.8. The monoisotopic (exact) mass is 525 g/mol. The lowest BCUT2D eigenvalue weighted by molar-refractivity contribution is -0.199. The van der Waals surface area contributed by atoms with Crippen molar-refractivity contribution in [1.82, 2.24) is 15.6 Å². The number of rotatable bonds is 8. The van der Waals surface area contributed by atoms with Crippen LogP contribution in [0.25, 0.3) is 10.9 Å². The maximum Gasteiger partial charge on any atom is 0.481 e. The summed E-state index contributed by atoms with van der Waals surface area (Å²) in [7, 11) is -0.598. The Hall–Kier alpha value is -2.56. The second-order valence-electron chi connectivity index (χ2n) is 12.6. The minimum atomic E-state index is -1.22. The molecule has 38 heavy (non-hydrogen) atoms. The lowest BCUT2D eigenvalue weighted by Crippen LogP contribution is -2.65. The Balaban J connectivity index is 1.25. The van der Waals surface area contributed by atoms with Crippen LogP contribution in [0, 0.1) is 23.2 Å². The summed E-state index contributed by atoms with van der Waals surface area (Å²) in [6, 6.07) is 8.01. The van der Waals surface area contributed by atoms with Gasteiger partial charge in [0.15, 0.2) is 0 Å². The highest BCUT2D eigenvalue weighted by molar-refractivity contribution is 6.48. The second kappa shape index (κ2) is 9.88. The van der Waals surface area contributed by atoms with Crippen molar-refractivity contribution < 1.29 is 28.7 Å². The predicted molar refractivity (Wildman–Crippen MR) is 144 cm³/mol. The van der Waals surface area contributed by atoms with E-state index in [9.17, 15) is 14.7 Å². The third kappa shape index (κ3) is 4.82. The first-order chi connectivity index (χ1) is 17.9. The van der Waals surface area contributed by atoms with Gasteiger partial charge in [0.1, 0.15) is 6.04 Å². The van der Waals surface area contributed by atoms with Gasteiger partial charge >= 0.3 is 13.2 Å². The van der Waals surface area contributed by atoms with Gasteiger partial charge in [0.2, 0.25) is 11.8 Å². The number of H-pyrrole nitrogens is 1. The van der Waals surface area contributed by atoms with Crippen molar-refractivity contribution in [3.8, 4) is 5.88 Å². The normalized spacial score (nSPS) is 29.8. The van der Waals surface area contributed by atoms with Gasteiger partial charge in [-0.05, 0) is 62.3 Å². The highest BCUT2D eigenvalue weighted by atomic mass is 16.7. The van der Waals surface area contributed by atoms with Gasteiger partial charge in [-0.3, -0.25) is 4.79 Å². The topological polar surface area (TPSA) is 122 Å². The maximum absolute atomic E-state index is 13.4. The van der Waals surface area contributed by atoms with Crippen molar-refractivity contribution in [2.45, 2.75) is 90.6 Å². The number of aliphatic hydroxyl groups excluding tert-OH is 1. The van der Waals surface area contributed by atoms with E-state index in [1.807, 2.05) is 24.3 Å². The van der Waals surface area contributed by atoms with Crippen LogP contribution in [0.1, 0.15) is 60.8 Å². The number of hydrogen-bond acceptors (Lipinski definition) is 6. The zero-order valence-electron chi connectivity index (χ0n) is 23.1. The van der Waals surface area contributed by atoms with Crippen molar-refractivity contribution in [2.75, 3.05) is 0 Å². The molecule has 2 bridgehead atoms. The maximum atomic E-state index is 13.4. The van der Waals surface area contributed by atoms with Crippen molar-refractivity contribution >= 4 is 30.0 Å². The minimum absolute atomic E-state index is 0.00665. The number of hydrogen-bond donors (Lipinski definition) is 4. The van der Waals surface area contributed by atoms with Gasteiger partial charge in [0.05, 0.1) is 23.8 Å². The van der Waals surface area contributed by atoms with Crippen LogP contribution >= 0.6 is 0 Å². The fraction of sp³-hybridized carbons (Fsp3) is 0.643. The summed E-state index contributed by atoms with van der Waals surface area (Å²) in [4.78, 5) is 29.0. The molecule has 2 heterocycles. The molecule has 1 aromatic carbocycles. The molecule has 10 heteroatoms. The summed E-state index contributed by atoms with van der Waals surface area (Å²) in [5.41, 5.74) is 0.643. The van der Waals surface area contributed by atoms with E-state index in [0.717, 1.165) is 23.7 Å². The van der Waals surface area contributed by atoms with Crippen LogP contribution in [0.15, 0.2) is 30.3 Å². The van der Waals surface area contributed by atoms with Gasteiger partial charge in [-0.15, -0.1) is 0 Å². The molecule has 0 unspecified atom stereocenters. The molecular formula is C28H40BN3O6. The van der Waals surface area contributed by atoms with Gasteiger partial charge in [-0.1, -0.05) is 45.9 Å². The lowest BCUT2D eigenvalue weighted by Gasteiger charge is -2.64. The summed E-state index contributed by atoms with van der Waals surface area (Å²) in [6.45, 7) is 12.4. The fourth-order valence-corrected chi connectivity index (χ4v) is 6.85. The first-order valence-electron chi connectivity index (χ1n) is 13.8. The quantitative estimate of drug-likeness (QED) is 0.389. The molecule has 3 aliphatic carbocycles. The van der Waals surface area contributed by atoms with E-state index in [0.29, 0.717) is 18.3 Å². The number of benzene rings is 1. The van der Waals surface area contributed by atoms with Crippen molar-refractivity contribution in [3.63, 3.8) is 0 Å². The average Bonchev–Trinajstić information content (AvgIpc) is 3.40. The Kier molecular flexibility index (Phi) is 7.03. The standard InChI is InChI=1S/C28H40BN3O6/c1-15(2)11-22(29-37-21-14-18-13-20(27(18,4)5)28(21,6)38-29)31-25(34)24(16(3)33)32-26(35)36-23-12-17-9-7-8-10-19(17)30-23/h7-10,12,15-16,18,20-22,24,30,33H,11,13-14H2,1-6H3,(H,31,34)(H,32,35)/t16-,18+,20+,21-,22+,24+,28+/m1/s1. The molecule has 3 saturated carbocycles. The van der Waals surface area contributed by atoms with Crippen LogP contribution in [0.3, 0.4) is 0 Å². The molecule has 1 aromatic heterocycles. The number of fused-ring (bicyclic) bond motifs is 1. The molecule has 2 aromatic rings. The van der Waals surface area contributed by atoms with Crippen molar-refractivity contribution in [2.24, 2.45) is 23.2 Å². The summed E-state index contributed by atoms with van der Waals surface area (Å²) >= 11 is 0. The predicted octanol–water partition coefficient (Wildman–Crippen LogP) is 3.80. The van der Waals surface area contributed by atoms with Gasteiger partial charge in [0, 0.05) is 17.0 Å². The molecule has 2 amide bonds. The summed E-state index contributed by atoms with van der Waals surface area (Å²) in [5.74, 6) is 0.590. The molecule has 1 aliphatic heterocycles. The van der Waals surface area contributed by atoms with Gasteiger partial charge in [-0.2, -0.15) is 0 Å². The SMILES string of the molecule is CC(C)C[C@H](NC(=O)[C@@H](NC(=O)Oc1cc2ccccc2[nH]1)[C@@H](C)O)B1O[C@@H]2C[C@@H]3C[C@@H](C3(C)C)[C@]2(C)O1. The van der Waals surface area contributed by atoms with Crippen LogP contribution in [-0.4, -0.2) is 59.0 Å². The van der Waals surface area contributed by atoms with Crippen LogP contribution in [0.5, 0.6) is 5.88 Å². The molecular weight excluding hydrogens is 485 g/mol. The van der Waals surface area contributed by atoms with Gasteiger partial charge < -0.3 is 34.8 Å². The minimum Gasteiger partial charge on any atom is -0.404 e. The molecule has 0 spiro atoms. The van der Waals surface area contributed by atoms with E-state index in [1.54, 1.807) is 6.07 Å². The lowest BCUT2D eigenvalue weighted by atomic mass is 9.43. The van der Waals surface area contributed by atoms with E-state index in [4.69, 9.17) is 14.0 Å². The summed E-state index contributed by atoms with van der Waals surface area (Å²) < 4.78 is 18.4. The third-order valence-corrected chi connectivity index (χ3v) is 9.10. The Morgan fingerprint density at radius 1 is 1.18 bits per heavy atom. The van der Waals surface area contributed by atoms with E-state index in [2.05, 4.69) is 50.2 Å². The number of carbonyl (C=O) groups is 2. The van der Waals surface area contributed by atoms with E-state index in [1.165, 1.54) is 6.92 Å². The number of aromatic nitrogens is 1. The number of amides is 2. The van der Waals surface area contributed by atoms with Crippen LogP contribution < -0.4 is 15.4 Å². The second-order valence-corrected chi connectivity index (χ2v) is 12.6. The summed E-state index contributed by atoms with van der Waals surface area (Å²) in [5, 5.41) is 16.8. The molecule has 6 rings (SSSR count). The molecule has 0 radical (unpaired) electrons. The van der Waals surface area contributed by atoms with E-state index < -0.39 is 42.8 Å².